The van der Waals surface area contributed by atoms with E-state index < -0.39 is 0 Å². The Morgan fingerprint density at radius 1 is 1.13 bits per heavy atom. The number of allylic oxidation sites excluding steroid dienone is 4. The Morgan fingerprint density at radius 2 is 1.80 bits per heavy atom. The predicted octanol–water partition coefficient (Wildman–Crippen LogP) is 4.09. The van der Waals surface area contributed by atoms with Gasteiger partial charge in [0, 0.05) is 6.61 Å². The average Bonchev–Trinajstić information content (AvgIpc) is 2.17. The van der Waals surface area contributed by atoms with Gasteiger partial charge in [0.2, 0.25) is 0 Å². The molecule has 0 unspecified atom stereocenters. The van der Waals surface area contributed by atoms with E-state index in [9.17, 15) is 0 Å². The van der Waals surface area contributed by atoms with Crippen molar-refractivity contribution in [1.29, 1.82) is 0 Å². The second-order valence-corrected chi connectivity index (χ2v) is 4.74. The summed E-state index contributed by atoms with van der Waals surface area (Å²) in [6.45, 7) is 8.88. The maximum atomic E-state index is 8.87. The molecular formula is C14H26O. The van der Waals surface area contributed by atoms with Gasteiger partial charge in [-0.2, -0.15) is 0 Å². The van der Waals surface area contributed by atoms with Gasteiger partial charge >= 0.3 is 0 Å². The number of aliphatic hydroxyl groups is 1. The van der Waals surface area contributed by atoms with Gasteiger partial charge in [-0.3, -0.25) is 0 Å². The second-order valence-electron chi connectivity index (χ2n) is 4.74. The summed E-state index contributed by atoms with van der Waals surface area (Å²) >= 11 is 0. The minimum atomic E-state index is 0.310. The molecule has 0 amide bonds. The molecule has 1 atom stereocenters. The third-order valence-corrected chi connectivity index (χ3v) is 2.56. The van der Waals surface area contributed by atoms with Crippen LogP contribution in [0.15, 0.2) is 23.3 Å². The first-order chi connectivity index (χ1) is 7.06. The fraction of sp³-hybridized carbons (Fsp3) is 0.714. The molecule has 0 heterocycles. The highest BCUT2D eigenvalue weighted by Crippen LogP contribution is 2.11. The molecule has 0 saturated heterocycles. The van der Waals surface area contributed by atoms with Crippen LogP contribution in [0, 0.1) is 5.92 Å². The summed E-state index contributed by atoms with van der Waals surface area (Å²) in [4.78, 5) is 0. The fourth-order valence-electron chi connectivity index (χ4n) is 1.40. The van der Waals surface area contributed by atoms with E-state index in [1.165, 1.54) is 17.6 Å². The summed E-state index contributed by atoms with van der Waals surface area (Å²) in [5, 5.41) is 8.87. The summed E-state index contributed by atoms with van der Waals surface area (Å²) in [5.74, 6) is 0.437. The van der Waals surface area contributed by atoms with Crippen LogP contribution in [-0.2, 0) is 0 Å². The molecule has 1 heteroatoms. The van der Waals surface area contributed by atoms with Crippen LogP contribution < -0.4 is 0 Å². The third kappa shape index (κ3) is 9.74. The molecule has 0 bridgehead atoms. The molecule has 0 aliphatic rings. The fourth-order valence-corrected chi connectivity index (χ4v) is 1.40. The molecule has 15 heavy (non-hydrogen) atoms. The van der Waals surface area contributed by atoms with Crippen molar-refractivity contribution in [3.63, 3.8) is 0 Å². The van der Waals surface area contributed by atoms with E-state index in [1.807, 2.05) is 0 Å². The smallest absolute Gasteiger partial charge is 0.0456 e. The zero-order valence-electron chi connectivity index (χ0n) is 10.7. The summed E-state index contributed by atoms with van der Waals surface area (Å²) in [7, 11) is 0. The molecule has 0 spiro atoms. The van der Waals surface area contributed by atoms with E-state index in [2.05, 4.69) is 39.8 Å². The van der Waals surface area contributed by atoms with Crippen molar-refractivity contribution < 1.29 is 5.11 Å². The predicted molar refractivity (Wildman–Crippen MR) is 67.9 cm³/mol. The highest BCUT2D eigenvalue weighted by Gasteiger charge is 1.97. The van der Waals surface area contributed by atoms with Crippen molar-refractivity contribution in [2.75, 3.05) is 6.61 Å². The molecule has 0 aliphatic heterocycles. The normalized spacial score (nSPS) is 13.8. The van der Waals surface area contributed by atoms with Crippen LogP contribution in [0.2, 0.25) is 0 Å². The molecule has 1 nitrogen and oxygen atoms in total. The van der Waals surface area contributed by atoms with Crippen molar-refractivity contribution in [2.45, 2.75) is 53.4 Å². The Balaban J connectivity index is 3.65. The lowest BCUT2D eigenvalue weighted by molar-refractivity contribution is 0.231. The number of rotatable bonds is 7. The van der Waals surface area contributed by atoms with E-state index in [0.29, 0.717) is 12.5 Å². The lowest BCUT2D eigenvalue weighted by Gasteiger charge is -2.05. The zero-order chi connectivity index (χ0) is 11.7. The minimum Gasteiger partial charge on any atom is -0.396 e. The lowest BCUT2D eigenvalue weighted by Crippen LogP contribution is -1.99. The molecule has 88 valence electrons. The Hall–Kier alpha value is -0.560. The van der Waals surface area contributed by atoms with Gasteiger partial charge < -0.3 is 5.11 Å². The molecule has 0 aromatic carbocycles. The van der Waals surface area contributed by atoms with E-state index >= 15 is 0 Å². The molecule has 0 aliphatic carbocycles. The molecule has 0 fully saturated rings. The van der Waals surface area contributed by atoms with Crippen LogP contribution in [0.25, 0.3) is 0 Å². The van der Waals surface area contributed by atoms with Gasteiger partial charge in [0.05, 0.1) is 0 Å². The average molecular weight is 210 g/mol. The second kappa shape index (κ2) is 8.72. The van der Waals surface area contributed by atoms with Crippen molar-refractivity contribution in [1.82, 2.24) is 0 Å². The summed E-state index contributed by atoms with van der Waals surface area (Å²) in [5.41, 5.74) is 2.87. The van der Waals surface area contributed by atoms with Crippen LogP contribution in [0.4, 0.5) is 0 Å². The molecule has 0 aromatic rings. The van der Waals surface area contributed by atoms with E-state index in [1.54, 1.807) is 0 Å². The van der Waals surface area contributed by atoms with E-state index in [-0.39, 0.29) is 0 Å². The molecule has 0 saturated carbocycles. The van der Waals surface area contributed by atoms with Gasteiger partial charge in [-0.05, 0) is 52.4 Å². The van der Waals surface area contributed by atoms with Gasteiger partial charge in [0.1, 0.15) is 0 Å². The topological polar surface area (TPSA) is 20.2 Å². The van der Waals surface area contributed by atoms with Gasteiger partial charge in [-0.1, -0.05) is 30.2 Å². The zero-order valence-corrected chi connectivity index (χ0v) is 10.7. The highest BCUT2D eigenvalue weighted by atomic mass is 16.3. The maximum absolute atomic E-state index is 8.87. The molecule has 0 radical (unpaired) electrons. The van der Waals surface area contributed by atoms with Gasteiger partial charge in [-0.25, -0.2) is 0 Å². The SMILES string of the molecule is CC(C)=CCC/C(C)=C/CC[C@H](C)CO. The molecule has 0 rings (SSSR count). The summed E-state index contributed by atoms with van der Waals surface area (Å²) in [6, 6.07) is 0. The Morgan fingerprint density at radius 3 is 2.33 bits per heavy atom. The number of aliphatic hydroxyl groups excluding tert-OH is 1. The monoisotopic (exact) mass is 210 g/mol. The van der Waals surface area contributed by atoms with E-state index in [4.69, 9.17) is 5.11 Å². The van der Waals surface area contributed by atoms with Gasteiger partial charge in [0.15, 0.2) is 0 Å². The summed E-state index contributed by atoms with van der Waals surface area (Å²) < 4.78 is 0. The molecule has 0 aromatic heterocycles. The number of hydrogen-bond donors (Lipinski definition) is 1. The van der Waals surface area contributed by atoms with Crippen molar-refractivity contribution in [3.8, 4) is 0 Å². The van der Waals surface area contributed by atoms with Crippen LogP contribution in [0.3, 0.4) is 0 Å². The lowest BCUT2D eigenvalue weighted by atomic mass is 10.0. The van der Waals surface area contributed by atoms with E-state index in [0.717, 1.165) is 19.3 Å². The minimum absolute atomic E-state index is 0.310. The van der Waals surface area contributed by atoms with Crippen molar-refractivity contribution in [2.24, 2.45) is 5.92 Å². The van der Waals surface area contributed by atoms with Crippen molar-refractivity contribution >= 4 is 0 Å². The standard InChI is InChI=1S/C14H26O/c1-12(2)7-5-8-13(3)9-6-10-14(4)11-15/h7,9,14-15H,5-6,8,10-11H2,1-4H3/b13-9+/t14-/m0/s1. The molecule has 1 N–H and O–H groups in total. The first kappa shape index (κ1) is 14.4. The summed E-state index contributed by atoms with van der Waals surface area (Å²) in [6.07, 6.45) is 9.11. The van der Waals surface area contributed by atoms with Crippen molar-refractivity contribution in [3.05, 3.63) is 23.3 Å². The Labute approximate surface area is 94.9 Å². The van der Waals surface area contributed by atoms with Gasteiger partial charge in [0.25, 0.3) is 0 Å². The largest absolute Gasteiger partial charge is 0.396 e. The molecular weight excluding hydrogens is 184 g/mol. The van der Waals surface area contributed by atoms with Crippen LogP contribution in [0.5, 0.6) is 0 Å². The quantitative estimate of drug-likeness (QED) is 0.628. The van der Waals surface area contributed by atoms with Crippen LogP contribution in [-0.4, -0.2) is 11.7 Å². The Kier molecular flexibility index (Phi) is 8.40. The third-order valence-electron chi connectivity index (χ3n) is 2.56. The first-order valence-corrected chi connectivity index (χ1v) is 5.96. The van der Waals surface area contributed by atoms with Crippen LogP contribution >= 0.6 is 0 Å². The van der Waals surface area contributed by atoms with Crippen LogP contribution in [0.1, 0.15) is 53.4 Å². The highest BCUT2D eigenvalue weighted by molar-refractivity contribution is 5.02. The maximum Gasteiger partial charge on any atom is 0.0456 e. The number of hydrogen-bond acceptors (Lipinski definition) is 1. The first-order valence-electron chi connectivity index (χ1n) is 5.96. The van der Waals surface area contributed by atoms with Gasteiger partial charge in [-0.15, -0.1) is 0 Å². The Bertz CT molecular complexity index is 209.